The van der Waals surface area contributed by atoms with Gasteiger partial charge < -0.3 is 10.6 Å². The molecule has 0 spiro atoms. The molecule has 1 aliphatic heterocycles. The number of hydrogen-bond acceptors (Lipinski definition) is 4. The Morgan fingerprint density at radius 1 is 1.10 bits per heavy atom. The highest BCUT2D eigenvalue weighted by Crippen LogP contribution is 2.30. The Morgan fingerprint density at radius 3 is 2.48 bits per heavy atom. The first-order chi connectivity index (χ1) is 10.0. The van der Waals surface area contributed by atoms with E-state index < -0.39 is 5.91 Å². The number of hydrogen-bond donors (Lipinski definition) is 2. The minimum absolute atomic E-state index is 0.135. The average molecular weight is 365 g/mol. The van der Waals surface area contributed by atoms with Gasteiger partial charge in [0.1, 0.15) is 6.42 Å². The molecule has 21 heavy (non-hydrogen) atoms. The van der Waals surface area contributed by atoms with E-state index in [1.54, 1.807) is 18.2 Å². The van der Waals surface area contributed by atoms with Crippen LogP contribution in [0.15, 0.2) is 34.1 Å². The van der Waals surface area contributed by atoms with Crippen LogP contribution in [0.5, 0.6) is 0 Å². The van der Waals surface area contributed by atoms with Gasteiger partial charge in [-0.3, -0.25) is 14.4 Å². The Bertz CT molecular complexity index is 769. The number of halogens is 1. The van der Waals surface area contributed by atoms with E-state index in [0.717, 1.165) is 4.47 Å². The van der Waals surface area contributed by atoms with Crippen molar-refractivity contribution in [2.45, 2.75) is 6.42 Å². The molecule has 0 atom stereocenters. The first kappa shape index (κ1) is 14.0. The van der Waals surface area contributed by atoms with Gasteiger partial charge in [-0.25, -0.2) is 0 Å². The number of rotatable bonds is 2. The standard InChI is InChI=1S/C14H9BrN2O3S/c15-8-3-4-21-14(8)13(20)7-1-2-9-10(5-7)17-12(19)6-11(18)16-9/h1-5H,6H2,(H,16,18)(H,17,19). The quantitative estimate of drug-likeness (QED) is 0.635. The van der Waals surface area contributed by atoms with Gasteiger partial charge in [0.25, 0.3) is 0 Å². The third kappa shape index (κ3) is 2.74. The molecule has 106 valence electrons. The summed E-state index contributed by atoms with van der Waals surface area (Å²) in [6.45, 7) is 0. The maximum absolute atomic E-state index is 12.4. The van der Waals surface area contributed by atoms with Crippen molar-refractivity contribution in [3.8, 4) is 0 Å². The summed E-state index contributed by atoms with van der Waals surface area (Å²) in [6.07, 6.45) is -0.228. The van der Waals surface area contributed by atoms with Gasteiger partial charge in [-0.1, -0.05) is 0 Å². The topological polar surface area (TPSA) is 75.3 Å². The van der Waals surface area contributed by atoms with Gasteiger partial charge in [0, 0.05) is 10.0 Å². The van der Waals surface area contributed by atoms with Gasteiger partial charge in [-0.15, -0.1) is 11.3 Å². The van der Waals surface area contributed by atoms with Crippen molar-refractivity contribution in [2.24, 2.45) is 0 Å². The zero-order valence-electron chi connectivity index (χ0n) is 10.6. The van der Waals surface area contributed by atoms with E-state index in [1.165, 1.54) is 11.3 Å². The van der Waals surface area contributed by atoms with Crippen molar-refractivity contribution in [3.63, 3.8) is 0 Å². The van der Waals surface area contributed by atoms with Crippen LogP contribution < -0.4 is 10.6 Å². The largest absolute Gasteiger partial charge is 0.324 e. The normalized spacial score (nSPS) is 14.0. The van der Waals surface area contributed by atoms with Gasteiger partial charge in [0.15, 0.2) is 0 Å². The second-order valence-corrected chi connectivity index (χ2v) is 6.23. The molecule has 0 bridgehead atoms. The first-order valence-electron chi connectivity index (χ1n) is 6.06. The fourth-order valence-corrected chi connectivity index (χ4v) is 3.53. The summed E-state index contributed by atoms with van der Waals surface area (Å²) in [7, 11) is 0. The van der Waals surface area contributed by atoms with E-state index in [1.807, 2.05) is 11.4 Å². The lowest BCUT2D eigenvalue weighted by molar-refractivity contribution is -0.123. The summed E-state index contributed by atoms with van der Waals surface area (Å²) in [6, 6.07) is 6.63. The smallest absolute Gasteiger partial charge is 0.233 e. The molecule has 0 fully saturated rings. The number of ketones is 1. The van der Waals surface area contributed by atoms with E-state index in [9.17, 15) is 14.4 Å². The second-order valence-electron chi connectivity index (χ2n) is 4.46. The van der Waals surface area contributed by atoms with Gasteiger partial charge in [-0.05, 0) is 45.6 Å². The number of benzene rings is 1. The summed E-state index contributed by atoms with van der Waals surface area (Å²) >= 11 is 4.67. The van der Waals surface area contributed by atoms with Crippen LogP contribution in [0, 0.1) is 0 Å². The predicted octanol–water partition coefficient (Wildman–Crippen LogP) is 3.02. The Labute approximate surface area is 132 Å². The van der Waals surface area contributed by atoms with Crippen LogP contribution in [0.2, 0.25) is 0 Å². The molecular formula is C14H9BrN2O3S. The van der Waals surface area contributed by atoms with Crippen molar-refractivity contribution in [3.05, 3.63) is 44.6 Å². The van der Waals surface area contributed by atoms with Gasteiger partial charge in [0.05, 0.1) is 16.3 Å². The van der Waals surface area contributed by atoms with Crippen LogP contribution in [0.4, 0.5) is 11.4 Å². The van der Waals surface area contributed by atoms with E-state index in [2.05, 4.69) is 26.6 Å². The van der Waals surface area contributed by atoms with E-state index >= 15 is 0 Å². The van der Waals surface area contributed by atoms with E-state index in [4.69, 9.17) is 0 Å². The SMILES string of the molecule is O=C1CC(=O)Nc2cc(C(=O)c3sccc3Br)ccc2N1. The highest BCUT2D eigenvalue weighted by molar-refractivity contribution is 9.10. The molecule has 0 radical (unpaired) electrons. The minimum Gasteiger partial charge on any atom is -0.324 e. The van der Waals surface area contributed by atoms with Crippen LogP contribution in [-0.4, -0.2) is 17.6 Å². The minimum atomic E-state index is -0.395. The summed E-state index contributed by atoms with van der Waals surface area (Å²) in [5.74, 6) is -0.899. The molecule has 1 aliphatic rings. The third-order valence-electron chi connectivity index (χ3n) is 2.97. The fourth-order valence-electron chi connectivity index (χ4n) is 2.02. The van der Waals surface area contributed by atoms with Crippen LogP contribution >= 0.6 is 27.3 Å². The molecule has 3 rings (SSSR count). The number of carbonyl (C=O) groups is 3. The number of fused-ring (bicyclic) bond motifs is 1. The Morgan fingerprint density at radius 2 is 1.81 bits per heavy atom. The third-order valence-corrected chi connectivity index (χ3v) is 4.81. The molecule has 0 saturated carbocycles. The lowest BCUT2D eigenvalue weighted by Crippen LogP contribution is -2.16. The maximum Gasteiger partial charge on any atom is 0.233 e. The summed E-state index contributed by atoms with van der Waals surface area (Å²) in [5, 5.41) is 7.07. The summed E-state index contributed by atoms with van der Waals surface area (Å²) in [5.41, 5.74) is 1.38. The van der Waals surface area contributed by atoms with Crippen molar-refractivity contribution in [1.82, 2.24) is 0 Å². The number of nitrogens with one attached hydrogen (secondary N) is 2. The molecular weight excluding hydrogens is 356 g/mol. The number of amides is 2. The maximum atomic E-state index is 12.4. The van der Waals surface area contributed by atoms with Gasteiger partial charge >= 0.3 is 0 Å². The number of anilines is 2. The molecule has 2 N–H and O–H groups in total. The second kappa shape index (κ2) is 5.42. The van der Waals surface area contributed by atoms with Gasteiger partial charge in [-0.2, -0.15) is 0 Å². The molecule has 2 aromatic rings. The summed E-state index contributed by atoms with van der Waals surface area (Å²) < 4.78 is 0.741. The fraction of sp³-hybridized carbons (Fsp3) is 0.0714. The molecule has 5 nitrogen and oxygen atoms in total. The van der Waals surface area contributed by atoms with Crippen LogP contribution in [0.3, 0.4) is 0 Å². The van der Waals surface area contributed by atoms with E-state index in [0.29, 0.717) is 21.8 Å². The van der Waals surface area contributed by atoms with Crippen molar-refractivity contribution < 1.29 is 14.4 Å². The Balaban J connectivity index is 2.00. The first-order valence-corrected chi connectivity index (χ1v) is 7.73. The highest BCUT2D eigenvalue weighted by Gasteiger charge is 2.21. The predicted molar refractivity (Wildman–Crippen MR) is 83.8 cm³/mol. The van der Waals surface area contributed by atoms with Gasteiger partial charge in [0.2, 0.25) is 17.6 Å². The molecule has 0 aliphatic carbocycles. The lowest BCUT2D eigenvalue weighted by Gasteiger charge is -2.08. The molecule has 1 aromatic heterocycles. The van der Waals surface area contributed by atoms with Crippen molar-refractivity contribution in [1.29, 1.82) is 0 Å². The van der Waals surface area contributed by atoms with E-state index in [-0.39, 0.29) is 18.1 Å². The highest BCUT2D eigenvalue weighted by atomic mass is 79.9. The van der Waals surface area contributed by atoms with Crippen LogP contribution in [-0.2, 0) is 9.59 Å². The van der Waals surface area contributed by atoms with Crippen LogP contribution in [0.1, 0.15) is 21.7 Å². The lowest BCUT2D eigenvalue weighted by atomic mass is 10.1. The van der Waals surface area contributed by atoms with Crippen LogP contribution in [0.25, 0.3) is 0 Å². The Kier molecular flexibility index (Phi) is 3.60. The Hall–Kier alpha value is -1.99. The monoisotopic (exact) mass is 364 g/mol. The molecule has 7 heteroatoms. The average Bonchev–Trinajstić information content (AvgIpc) is 2.79. The number of thiophene rings is 1. The number of carbonyl (C=O) groups excluding carboxylic acids is 3. The van der Waals surface area contributed by atoms with Crippen molar-refractivity contribution in [2.75, 3.05) is 10.6 Å². The molecule has 2 amide bonds. The van der Waals surface area contributed by atoms with Crippen molar-refractivity contribution >= 4 is 56.2 Å². The molecule has 1 aromatic carbocycles. The molecule has 0 saturated heterocycles. The molecule has 2 heterocycles. The zero-order valence-corrected chi connectivity index (χ0v) is 13.0. The summed E-state index contributed by atoms with van der Waals surface area (Å²) in [4.78, 5) is 36.0. The zero-order chi connectivity index (χ0) is 15.0. The molecule has 0 unspecified atom stereocenters.